The molecule has 3 heterocycles. The number of benzene rings is 2. The maximum Gasteiger partial charge on any atom is 0.248 e. The maximum atomic E-state index is 13.8. The third-order valence-corrected chi connectivity index (χ3v) is 8.22. The molecule has 40 heavy (non-hydrogen) atoms. The predicted octanol–water partition coefficient (Wildman–Crippen LogP) is 4.16. The Balaban J connectivity index is 1.28. The van der Waals surface area contributed by atoms with E-state index in [1.54, 1.807) is 46.6 Å². The zero-order chi connectivity index (χ0) is 28.4. The molecule has 0 saturated carbocycles. The van der Waals surface area contributed by atoms with Gasteiger partial charge in [-0.15, -0.1) is 11.3 Å². The van der Waals surface area contributed by atoms with Gasteiger partial charge in [0.05, 0.1) is 28.4 Å². The van der Waals surface area contributed by atoms with Crippen LogP contribution in [0.4, 0.5) is 0 Å². The molecule has 0 bridgehead atoms. The highest BCUT2D eigenvalue weighted by atomic mass is 32.1. The summed E-state index contributed by atoms with van der Waals surface area (Å²) in [5.74, 6) is -0.531. The number of nitrogens with one attached hydrogen (secondary N) is 1. The predicted molar refractivity (Wildman–Crippen MR) is 153 cm³/mol. The number of aromatic hydroxyl groups is 1. The summed E-state index contributed by atoms with van der Waals surface area (Å²) in [7, 11) is 0. The summed E-state index contributed by atoms with van der Waals surface area (Å²) >= 11 is 1.59. The van der Waals surface area contributed by atoms with Crippen LogP contribution in [0.5, 0.6) is 5.75 Å². The summed E-state index contributed by atoms with van der Waals surface area (Å²) in [6.07, 6.45) is 2.83. The number of carbonyl (C=O) groups excluding carboxylic acids is 2. The number of hydrogen-bond acceptors (Lipinski definition) is 7. The molecule has 2 aromatic carbocycles. The van der Waals surface area contributed by atoms with Crippen LogP contribution < -0.4 is 5.32 Å². The number of nitrogens with zero attached hydrogens (tertiary/aromatic N) is 4. The van der Waals surface area contributed by atoms with E-state index in [9.17, 15) is 19.8 Å². The first-order valence-electron chi connectivity index (χ1n) is 13.3. The number of aliphatic hydroxyl groups excluding tert-OH is 1. The molecule has 4 aromatic rings. The van der Waals surface area contributed by atoms with E-state index in [2.05, 4.69) is 15.4 Å². The topological polar surface area (TPSA) is 121 Å². The van der Waals surface area contributed by atoms with Crippen molar-refractivity contribution in [2.24, 2.45) is 5.92 Å². The molecular weight excluding hydrogens is 526 g/mol. The summed E-state index contributed by atoms with van der Waals surface area (Å²) in [4.78, 5) is 34.0. The molecule has 3 atom stereocenters. The van der Waals surface area contributed by atoms with Crippen molar-refractivity contribution in [3.63, 3.8) is 0 Å². The molecule has 5 rings (SSSR count). The SMILES string of the molecule is Cc1ncsc1-c1ccc(CNC(=O)[C@@H]2C[C@@H](O)CN2C(=O)[C@H](C(C)C)n2cc(-c3cccc(O)c3)cn2)cc1. The Morgan fingerprint density at radius 1 is 1.12 bits per heavy atom. The van der Waals surface area contributed by atoms with Gasteiger partial charge in [0, 0.05) is 31.3 Å². The van der Waals surface area contributed by atoms with Gasteiger partial charge in [-0.1, -0.05) is 50.2 Å². The van der Waals surface area contributed by atoms with Crippen LogP contribution in [0.25, 0.3) is 21.6 Å². The van der Waals surface area contributed by atoms with Crippen LogP contribution in [0.3, 0.4) is 0 Å². The normalized spacial score (nSPS) is 17.8. The monoisotopic (exact) mass is 559 g/mol. The first-order valence-corrected chi connectivity index (χ1v) is 14.2. The quantitative estimate of drug-likeness (QED) is 0.298. The Kier molecular flexibility index (Phi) is 7.99. The standard InChI is InChI=1S/C30H33N5O4S/c1-18(2)27(35-15-23(14-33-35)22-5-4-6-24(36)11-22)30(39)34-16-25(37)12-26(34)29(38)31-13-20-7-9-21(10-8-20)28-19(3)32-17-40-28/h4-11,14-15,17-18,25-27,36-37H,12-13,16H2,1-3H3,(H,31,38)/t25-,26+,27+/m1/s1. The van der Waals surface area contributed by atoms with E-state index in [-0.39, 0.29) is 36.4 Å². The second kappa shape index (κ2) is 11.6. The molecule has 2 amide bonds. The lowest BCUT2D eigenvalue weighted by Crippen LogP contribution is -2.49. The minimum absolute atomic E-state index is 0.0870. The van der Waals surface area contributed by atoms with Crippen molar-refractivity contribution in [1.29, 1.82) is 0 Å². The summed E-state index contributed by atoms with van der Waals surface area (Å²) in [5, 5.41) is 27.7. The third-order valence-electron chi connectivity index (χ3n) is 7.24. The first kappa shape index (κ1) is 27.5. The summed E-state index contributed by atoms with van der Waals surface area (Å²) in [5.41, 5.74) is 6.38. The van der Waals surface area contributed by atoms with Crippen molar-refractivity contribution >= 4 is 23.2 Å². The number of hydrogen-bond donors (Lipinski definition) is 3. The second-order valence-corrected chi connectivity index (χ2v) is 11.4. The molecule has 0 spiro atoms. The summed E-state index contributed by atoms with van der Waals surface area (Å²) in [6.45, 7) is 6.24. The Hall–Kier alpha value is -4.02. The molecule has 1 aliphatic heterocycles. The van der Waals surface area contributed by atoms with Gasteiger partial charge >= 0.3 is 0 Å². The Labute approximate surface area is 237 Å². The maximum absolute atomic E-state index is 13.8. The van der Waals surface area contributed by atoms with E-state index in [4.69, 9.17) is 0 Å². The Morgan fingerprint density at radius 2 is 1.90 bits per heavy atom. The van der Waals surface area contributed by atoms with Crippen LogP contribution in [0.15, 0.2) is 66.4 Å². The van der Waals surface area contributed by atoms with Crippen LogP contribution in [-0.2, 0) is 16.1 Å². The summed E-state index contributed by atoms with van der Waals surface area (Å²) < 4.78 is 1.61. The lowest BCUT2D eigenvalue weighted by Gasteiger charge is -2.30. The van der Waals surface area contributed by atoms with E-state index in [1.807, 2.05) is 56.6 Å². The van der Waals surface area contributed by atoms with Gasteiger partial charge in [0.15, 0.2) is 0 Å². The van der Waals surface area contributed by atoms with Gasteiger partial charge in [-0.25, -0.2) is 4.98 Å². The van der Waals surface area contributed by atoms with E-state index in [1.165, 1.54) is 4.90 Å². The van der Waals surface area contributed by atoms with Gasteiger partial charge in [0.25, 0.3) is 0 Å². The van der Waals surface area contributed by atoms with E-state index < -0.39 is 18.2 Å². The molecular formula is C30H33N5O4S. The lowest BCUT2D eigenvalue weighted by molar-refractivity contribution is -0.142. The van der Waals surface area contributed by atoms with E-state index in [0.717, 1.165) is 32.8 Å². The zero-order valence-corrected chi connectivity index (χ0v) is 23.5. The number of amides is 2. The average Bonchev–Trinajstić information content (AvgIpc) is 3.68. The highest BCUT2D eigenvalue weighted by Gasteiger charge is 2.42. The molecule has 1 fully saturated rings. The zero-order valence-electron chi connectivity index (χ0n) is 22.7. The van der Waals surface area contributed by atoms with Crippen molar-refractivity contribution in [3.05, 3.63) is 77.7 Å². The van der Waals surface area contributed by atoms with Crippen LogP contribution in [0, 0.1) is 12.8 Å². The molecule has 0 aliphatic carbocycles. The molecule has 9 nitrogen and oxygen atoms in total. The second-order valence-electron chi connectivity index (χ2n) is 10.5. The molecule has 1 aliphatic rings. The van der Waals surface area contributed by atoms with Gasteiger partial charge < -0.3 is 20.4 Å². The molecule has 3 N–H and O–H groups in total. The van der Waals surface area contributed by atoms with E-state index in [0.29, 0.717) is 6.54 Å². The van der Waals surface area contributed by atoms with E-state index >= 15 is 0 Å². The fourth-order valence-electron chi connectivity index (χ4n) is 5.16. The number of phenols is 1. The Morgan fingerprint density at radius 3 is 2.58 bits per heavy atom. The number of aliphatic hydroxyl groups is 1. The third kappa shape index (κ3) is 5.78. The summed E-state index contributed by atoms with van der Waals surface area (Å²) in [6, 6.07) is 13.4. The minimum Gasteiger partial charge on any atom is -0.508 e. The number of carbonyl (C=O) groups is 2. The van der Waals surface area contributed by atoms with Gasteiger partial charge in [0.1, 0.15) is 17.8 Å². The van der Waals surface area contributed by atoms with Gasteiger partial charge in [-0.05, 0) is 41.7 Å². The minimum atomic E-state index is -0.782. The van der Waals surface area contributed by atoms with Crippen molar-refractivity contribution in [3.8, 4) is 27.3 Å². The molecule has 0 unspecified atom stereocenters. The largest absolute Gasteiger partial charge is 0.508 e. The average molecular weight is 560 g/mol. The number of rotatable bonds is 8. The van der Waals surface area contributed by atoms with Crippen LogP contribution in [0.1, 0.15) is 37.6 Å². The Bertz CT molecular complexity index is 1500. The molecule has 1 saturated heterocycles. The van der Waals surface area contributed by atoms with Gasteiger partial charge in [-0.3, -0.25) is 14.3 Å². The van der Waals surface area contributed by atoms with Crippen molar-refractivity contribution < 1.29 is 19.8 Å². The number of aromatic nitrogens is 3. The first-order chi connectivity index (χ1) is 19.2. The molecule has 208 valence electrons. The van der Waals surface area contributed by atoms with Crippen LogP contribution >= 0.6 is 11.3 Å². The fraction of sp³-hybridized carbons (Fsp3) is 0.333. The molecule has 0 radical (unpaired) electrons. The van der Waals surface area contributed by atoms with Gasteiger partial charge in [-0.2, -0.15) is 5.10 Å². The smallest absolute Gasteiger partial charge is 0.248 e. The number of thiazole rings is 1. The van der Waals surface area contributed by atoms with Crippen LogP contribution in [-0.4, -0.2) is 60.4 Å². The highest BCUT2D eigenvalue weighted by molar-refractivity contribution is 7.13. The van der Waals surface area contributed by atoms with Crippen molar-refractivity contribution in [2.45, 2.75) is 51.9 Å². The van der Waals surface area contributed by atoms with Crippen molar-refractivity contribution in [2.75, 3.05) is 6.54 Å². The van der Waals surface area contributed by atoms with Gasteiger partial charge in [0.2, 0.25) is 11.8 Å². The van der Waals surface area contributed by atoms with Crippen molar-refractivity contribution in [1.82, 2.24) is 25.0 Å². The lowest BCUT2D eigenvalue weighted by atomic mass is 10.0. The number of aryl methyl sites for hydroxylation is 1. The highest BCUT2D eigenvalue weighted by Crippen LogP contribution is 2.30. The van der Waals surface area contributed by atoms with Crippen LogP contribution in [0.2, 0.25) is 0 Å². The fourth-order valence-corrected chi connectivity index (χ4v) is 5.98. The molecule has 2 aromatic heterocycles. The number of β-amino-alcohol motifs (C(OH)–C–C–N with tert-alkyl or cyclic N) is 1. The molecule has 10 heteroatoms. The number of likely N-dealkylation sites (tertiary alicyclic amines) is 1. The number of phenolic OH excluding ortho intramolecular Hbond substituents is 1.